The molecule has 3 heterocycles. The molecular formula is C19H23N5O8S2. The SMILES string of the molecule is CCC(=O)OCOC(=O)C1=C(COC)CS[C@@H]2C(NC(=O)C(=NOC)c3csc(N)n3)C(=O)N12. The molecule has 2 aliphatic rings. The number of nitrogens with two attached hydrogens (primary N) is 1. The van der Waals surface area contributed by atoms with Crippen LogP contribution in [0.25, 0.3) is 0 Å². The molecule has 2 atom stereocenters. The summed E-state index contributed by atoms with van der Waals surface area (Å²) in [6.45, 7) is 1.12. The van der Waals surface area contributed by atoms with E-state index < -0.39 is 42.0 Å². The Labute approximate surface area is 202 Å². The number of rotatable bonds is 10. The van der Waals surface area contributed by atoms with Gasteiger partial charge in [-0.15, -0.1) is 23.1 Å². The van der Waals surface area contributed by atoms with Crippen molar-refractivity contribution in [3.63, 3.8) is 0 Å². The topological polar surface area (TPSA) is 172 Å². The maximum absolute atomic E-state index is 13.0. The van der Waals surface area contributed by atoms with E-state index in [2.05, 4.69) is 15.5 Å². The van der Waals surface area contributed by atoms with E-state index in [1.54, 1.807) is 6.92 Å². The zero-order chi connectivity index (χ0) is 24.8. The van der Waals surface area contributed by atoms with Gasteiger partial charge in [0.25, 0.3) is 11.8 Å². The predicted octanol–water partition coefficient (Wildman–Crippen LogP) is -0.170. The first-order chi connectivity index (χ1) is 16.3. The molecule has 2 amide bonds. The van der Waals surface area contributed by atoms with Gasteiger partial charge in [0.1, 0.15) is 29.9 Å². The quantitative estimate of drug-likeness (QED) is 0.140. The van der Waals surface area contributed by atoms with E-state index in [1.807, 2.05) is 0 Å². The number of esters is 2. The number of β-lactam (4-membered cyclic amide) rings is 1. The molecule has 15 heteroatoms. The van der Waals surface area contributed by atoms with Crippen LogP contribution in [-0.4, -0.2) is 84.1 Å². The molecule has 1 aromatic heterocycles. The van der Waals surface area contributed by atoms with Crippen LogP contribution < -0.4 is 11.1 Å². The van der Waals surface area contributed by atoms with Crippen molar-refractivity contribution in [1.82, 2.24) is 15.2 Å². The number of nitrogens with zero attached hydrogens (tertiary/aromatic N) is 3. The number of ether oxygens (including phenoxy) is 3. The van der Waals surface area contributed by atoms with Gasteiger partial charge < -0.3 is 30.1 Å². The van der Waals surface area contributed by atoms with Crippen molar-refractivity contribution >= 4 is 57.7 Å². The van der Waals surface area contributed by atoms with Gasteiger partial charge in [-0.2, -0.15) is 0 Å². The maximum atomic E-state index is 13.0. The fourth-order valence-corrected chi connectivity index (χ4v) is 5.05. The van der Waals surface area contributed by atoms with E-state index >= 15 is 0 Å². The molecule has 1 saturated heterocycles. The number of methoxy groups -OCH3 is 1. The van der Waals surface area contributed by atoms with Crippen molar-refractivity contribution in [2.45, 2.75) is 24.8 Å². The van der Waals surface area contributed by atoms with Crippen molar-refractivity contribution in [2.75, 3.05) is 39.1 Å². The normalized spacial score (nSPS) is 19.8. The van der Waals surface area contributed by atoms with Crippen molar-refractivity contribution in [3.05, 3.63) is 22.3 Å². The molecule has 2 aliphatic heterocycles. The molecule has 0 radical (unpaired) electrons. The van der Waals surface area contributed by atoms with E-state index in [0.717, 1.165) is 11.3 Å². The summed E-state index contributed by atoms with van der Waals surface area (Å²) in [6.07, 6.45) is 0.127. The third-order valence-corrected chi connectivity index (χ3v) is 6.72. The molecule has 1 unspecified atom stereocenters. The molecule has 0 bridgehead atoms. The number of aromatic nitrogens is 1. The zero-order valence-electron chi connectivity index (χ0n) is 18.6. The van der Waals surface area contributed by atoms with Crippen LogP contribution >= 0.6 is 23.1 Å². The second-order valence-electron chi connectivity index (χ2n) is 6.86. The van der Waals surface area contributed by atoms with E-state index in [9.17, 15) is 19.2 Å². The Morgan fingerprint density at radius 2 is 2.09 bits per heavy atom. The average Bonchev–Trinajstić information content (AvgIpc) is 3.26. The number of oxime groups is 1. The summed E-state index contributed by atoms with van der Waals surface area (Å²) in [7, 11) is 2.73. The summed E-state index contributed by atoms with van der Waals surface area (Å²) in [6, 6.07) is -0.930. The Hall–Kier alpha value is -3.17. The van der Waals surface area contributed by atoms with E-state index in [0.29, 0.717) is 11.3 Å². The lowest BCUT2D eigenvalue weighted by Crippen LogP contribution is -2.71. The molecule has 0 saturated carbocycles. The molecule has 3 rings (SSSR count). The molecule has 1 aromatic rings. The van der Waals surface area contributed by atoms with Crippen molar-refractivity contribution < 1.29 is 38.2 Å². The van der Waals surface area contributed by atoms with Crippen LogP contribution in [0, 0.1) is 0 Å². The van der Waals surface area contributed by atoms with Gasteiger partial charge in [0.05, 0.1) is 6.61 Å². The largest absolute Gasteiger partial charge is 0.428 e. The van der Waals surface area contributed by atoms with Gasteiger partial charge in [0.15, 0.2) is 10.8 Å². The summed E-state index contributed by atoms with van der Waals surface area (Å²) in [4.78, 5) is 59.8. The fourth-order valence-electron chi connectivity index (χ4n) is 3.18. The number of anilines is 1. The predicted molar refractivity (Wildman–Crippen MR) is 121 cm³/mol. The number of nitrogen functional groups attached to an aromatic ring is 1. The highest BCUT2D eigenvalue weighted by Gasteiger charge is 2.54. The number of nitrogens with one attached hydrogen (secondary N) is 1. The van der Waals surface area contributed by atoms with Crippen molar-refractivity contribution in [3.8, 4) is 0 Å². The minimum Gasteiger partial charge on any atom is -0.428 e. The zero-order valence-corrected chi connectivity index (χ0v) is 20.2. The van der Waals surface area contributed by atoms with Gasteiger partial charge in [-0.1, -0.05) is 12.1 Å². The highest BCUT2D eigenvalue weighted by atomic mass is 32.2. The number of carbonyl (C=O) groups is 4. The van der Waals surface area contributed by atoms with Crippen LogP contribution in [0.1, 0.15) is 19.0 Å². The van der Waals surface area contributed by atoms with Gasteiger partial charge >= 0.3 is 11.9 Å². The minimum atomic E-state index is -0.930. The fraction of sp³-hybridized carbons (Fsp3) is 0.474. The lowest BCUT2D eigenvalue weighted by Gasteiger charge is -2.49. The molecule has 0 aliphatic carbocycles. The number of thioether (sulfide) groups is 1. The number of thiazole rings is 1. The number of hydrogen-bond donors (Lipinski definition) is 2. The summed E-state index contributed by atoms with van der Waals surface area (Å²) in [5.74, 6) is -2.22. The Bertz CT molecular complexity index is 1040. The number of fused-ring (bicyclic) bond motifs is 1. The van der Waals surface area contributed by atoms with Gasteiger partial charge in [0.2, 0.25) is 6.79 Å². The van der Waals surface area contributed by atoms with Crippen LogP contribution in [0.3, 0.4) is 0 Å². The average molecular weight is 514 g/mol. The molecule has 34 heavy (non-hydrogen) atoms. The molecule has 0 aromatic carbocycles. The summed E-state index contributed by atoms with van der Waals surface area (Å²) in [5, 5.41) is 7.53. The Balaban J connectivity index is 1.74. The van der Waals surface area contributed by atoms with Gasteiger partial charge in [-0.05, 0) is 5.57 Å². The van der Waals surface area contributed by atoms with Crippen LogP contribution in [0.2, 0.25) is 0 Å². The molecular weight excluding hydrogens is 490 g/mol. The summed E-state index contributed by atoms with van der Waals surface area (Å²) < 4.78 is 15.0. The number of carbonyl (C=O) groups excluding carboxylic acids is 4. The summed E-state index contributed by atoms with van der Waals surface area (Å²) >= 11 is 2.47. The Morgan fingerprint density at radius 1 is 1.32 bits per heavy atom. The maximum Gasteiger partial charge on any atom is 0.358 e. The van der Waals surface area contributed by atoms with Gasteiger partial charge in [-0.3, -0.25) is 19.3 Å². The Kier molecular flexibility index (Phi) is 8.46. The third-order valence-electron chi connectivity index (χ3n) is 4.71. The van der Waals surface area contributed by atoms with E-state index in [4.69, 9.17) is 24.8 Å². The van der Waals surface area contributed by atoms with E-state index in [1.165, 1.54) is 36.3 Å². The number of hydrogen-bond acceptors (Lipinski definition) is 13. The second kappa shape index (κ2) is 11.3. The lowest BCUT2D eigenvalue weighted by molar-refractivity contribution is -0.167. The van der Waals surface area contributed by atoms with Crippen molar-refractivity contribution in [1.29, 1.82) is 0 Å². The second-order valence-corrected chi connectivity index (χ2v) is 8.85. The minimum absolute atomic E-state index is 0.00621. The highest BCUT2D eigenvalue weighted by Crippen LogP contribution is 2.40. The van der Waals surface area contributed by atoms with Crippen LogP contribution in [0.5, 0.6) is 0 Å². The molecule has 1 fully saturated rings. The molecule has 13 nitrogen and oxygen atoms in total. The van der Waals surface area contributed by atoms with E-state index in [-0.39, 0.29) is 35.3 Å². The smallest absolute Gasteiger partial charge is 0.358 e. The monoisotopic (exact) mass is 513 g/mol. The van der Waals surface area contributed by atoms with Crippen LogP contribution in [0.4, 0.5) is 5.13 Å². The van der Waals surface area contributed by atoms with Crippen LogP contribution in [-0.2, 0) is 38.2 Å². The lowest BCUT2D eigenvalue weighted by atomic mass is 10.0. The first-order valence-electron chi connectivity index (χ1n) is 9.94. The third kappa shape index (κ3) is 5.31. The first-order valence-corrected chi connectivity index (χ1v) is 11.9. The summed E-state index contributed by atoms with van der Waals surface area (Å²) in [5.41, 5.74) is 6.23. The highest BCUT2D eigenvalue weighted by molar-refractivity contribution is 8.00. The molecule has 0 spiro atoms. The van der Waals surface area contributed by atoms with Gasteiger partial charge in [-0.25, -0.2) is 9.78 Å². The standard InChI is InChI=1S/C19H23N5O8S2/c1-4-11(25)31-8-32-18(28)14-9(5-29-2)6-33-17-13(16(27)24(14)17)22-15(26)12(23-30-3)10-7-34-19(20)21-10/h7,13,17H,4-6,8H2,1-3H3,(H2,20,21)(H,22,26)/t13?,17-/m1/s1. The Morgan fingerprint density at radius 3 is 2.71 bits per heavy atom. The molecule has 184 valence electrons. The van der Waals surface area contributed by atoms with Gasteiger partial charge in [0, 0.05) is 24.7 Å². The number of amides is 2. The van der Waals surface area contributed by atoms with Crippen molar-refractivity contribution in [2.24, 2.45) is 5.16 Å². The molecule has 3 N–H and O–H groups in total. The van der Waals surface area contributed by atoms with Crippen LogP contribution in [0.15, 0.2) is 21.8 Å². The first kappa shape index (κ1) is 25.5.